The van der Waals surface area contributed by atoms with Gasteiger partial charge < -0.3 is 10.2 Å². The first kappa shape index (κ1) is 15.6. The molecule has 0 spiro atoms. The lowest BCUT2D eigenvalue weighted by Gasteiger charge is -2.36. The summed E-state index contributed by atoms with van der Waals surface area (Å²) >= 11 is 0. The number of carboxylic acids is 1. The number of hydrogen-bond donors (Lipinski definition) is 2. The highest BCUT2D eigenvalue weighted by molar-refractivity contribution is 5.97. The van der Waals surface area contributed by atoms with Gasteiger partial charge >= 0.3 is 5.97 Å². The average Bonchev–Trinajstić information content (AvgIpc) is 2.60. The van der Waals surface area contributed by atoms with Gasteiger partial charge in [0.15, 0.2) is 0 Å². The topological polar surface area (TPSA) is 102 Å². The third-order valence-corrected chi connectivity index (χ3v) is 4.98. The number of aromatic nitrogens is 2. The van der Waals surface area contributed by atoms with Crippen molar-refractivity contribution in [3.8, 4) is 0 Å². The van der Waals surface area contributed by atoms with Crippen molar-refractivity contribution in [2.24, 2.45) is 0 Å². The smallest absolute Gasteiger partial charge is 0.359 e. The van der Waals surface area contributed by atoms with E-state index >= 15 is 0 Å². The number of aliphatic carboxylic acids is 1. The molecule has 2 atom stereocenters. The molecule has 3 aromatic rings. The fraction of sp³-hybridized carbons (Fsp3) is 0.278. The molecule has 1 aliphatic rings. The van der Waals surface area contributed by atoms with Crippen LogP contribution < -0.4 is 11.1 Å². The molecule has 0 bridgehead atoms. The van der Waals surface area contributed by atoms with Gasteiger partial charge in [-0.25, -0.2) is 14.2 Å². The monoisotopic (exact) mass is 340 g/mol. The van der Waals surface area contributed by atoms with Crippen molar-refractivity contribution in [1.82, 2.24) is 9.36 Å². The minimum Gasteiger partial charge on any atom is -0.478 e. The van der Waals surface area contributed by atoms with E-state index in [1.54, 1.807) is 19.1 Å². The Morgan fingerprint density at radius 2 is 1.68 bits per heavy atom. The summed E-state index contributed by atoms with van der Waals surface area (Å²) in [6.07, 6.45) is 0.142. The molecule has 0 saturated carbocycles. The zero-order valence-corrected chi connectivity index (χ0v) is 13.5. The maximum absolute atomic E-state index is 13.0. The Morgan fingerprint density at radius 1 is 1.12 bits per heavy atom. The zero-order valence-electron chi connectivity index (χ0n) is 13.5. The van der Waals surface area contributed by atoms with Gasteiger partial charge in [-0.1, -0.05) is 24.3 Å². The van der Waals surface area contributed by atoms with Gasteiger partial charge in [0.2, 0.25) is 0 Å². The maximum atomic E-state index is 13.0. The Bertz CT molecular complexity index is 1160. The number of benzene rings is 2. The fourth-order valence-corrected chi connectivity index (χ4v) is 3.60. The van der Waals surface area contributed by atoms with Gasteiger partial charge in [0.1, 0.15) is 0 Å². The standard InChI is InChI=1S/C18H16N2O5/c1-10-6-7-18(25,17(23)24)20-16(22)14-9-12-5-3-2-4-11(12)8-13(14)15(21)19(10)20/h2-5,8-10,25H,6-7H2,1H3,(H,23,24)/t10-,18+/m1/s1. The van der Waals surface area contributed by atoms with E-state index in [0.29, 0.717) is 4.68 Å². The first-order chi connectivity index (χ1) is 11.8. The van der Waals surface area contributed by atoms with Crippen LogP contribution in [0.2, 0.25) is 0 Å². The Labute approximate surface area is 141 Å². The third kappa shape index (κ3) is 1.99. The van der Waals surface area contributed by atoms with Crippen molar-refractivity contribution in [2.45, 2.75) is 31.5 Å². The molecule has 2 heterocycles. The van der Waals surface area contributed by atoms with Crippen molar-refractivity contribution in [3.05, 3.63) is 57.1 Å². The van der Waals surface area contributed by atoms with Crippen LogP contribution >= 0.6 is 0 Å². The molecule has 0 radical (unpaired) electrons. The largest absolute Gasteiger partial charge is 0.478 e. The van der Waals surface area contributed by atoms with Gasteiger partial charge in [0, 0.05) is 6.42 Å². The number of carboxylic acid groups (broad SMARTS) is 1. The first-order valence-electron chi connectivity index (χ1n) is 8.01. The van der Waals surface area contributed by atoms with E-state index < -0.39 is 28.9 Å². The molecule has 25 heavy (non-hydrogen) atoms. The Hall–Kier alpha value is -2.93. The van der Waals surface area contributed by atoms with Gasteiger partial charge in [-0.2, -0.15) is 0 Å². The van der Waals surface area contributed by atoms with E-state index in [2.05, 4.69) is 0 Å². The van der Waals surface area contributed by atoms with Gasteiger partial charge in [-0.05, 0) is 36.2 Å². The van der Waals surface area contributed by atoms with Gasteiger partial charge in [0.05, 0.1) is 16.8 Å². The zero-order chi connectivity index (χ0) is 17.9. The molecule has 128 valence electrons. The molecule has 0 fully saturated rings. The summed E-state index contributed by atoms with van der Waals surface area (Å²) < 4.78 is 1.79. The molecule has 1 aromatic heterocycles. The highest BCUT2D eigenvalue weighted by Gasteiger charge is 2.45. The van der Waals surface area contributed by atoms with Crippen LogP contribution in [0.3, 0.4) is 0 Å². The van der Waals surface area contributed by atoms with Crippen molar-refractivity contribution in [3.63, 3.8) is 0 Å². The molecular weight excluding hydrogens is 324 g/mol. The summed E-state index contributed by atoms with van der Waals surface area (Å²) in [6.45, 7) is 1.73. The van der Waals surface area contributed by atoms with Crippen LogP contribution in [-0.2, 0) is 10.5 Å². The lowest BCUT2D eigenvalue weighted by molar-refractivity contribution is -0.181. The number of aliphatic hydroxyl groups is 1. The molecule has 0 unspecified atom stereocenters. The summed E-state index contributed by atoms with van der Waals surface area (Å²) in [5.74, 6) is -1.55. The van der Waals surface area contributed by atoms with Gasteiger partial charge in [0.25, 0.3) is 16.8 Å². The van der Waals surface area contributed by atoms with Crippen molar-refractivity contribution >= 4 is 27.5 Å². The van der Waals surface area contributed by atoms with E-state index in [0.717, 1.165) is 15.5 Å². The summed E-state index contributed by atoms with van der Waals surface area (Å²) in [4.78, 5) is 37.6. The molecule has 0 amide bonds. The summed E-state index contributed by atoms with van der Waals surface area (Å²) in [5, 5.41) is 22.0. The van der Waals surface area contributed by atoms with Crippen LogP contribution in [0.15, 0.2) is 46.0 Å². The number of carbonyl (C=O) groups is 1. The number of fused-ring (bicyclic) bond motifs is 3. The molecule has 1 aliphatic heterocycles. The van der Waals surface area contributed by atoms with E-state index in [4.69, 9.17) is 0 Å². The molecule has 0 aliphatic carbocycles. The Kier molecular flexibility index (Phi) is 3.14. The van der Waals surface area contributed by atoms with Crippen LogP contribution in [0.4, 0.5) is 0 Å². The minimum atomic E-state index is -2.43. The predicted molar refractivity (Wildman–Crippen MR) is 91.7 cm³/mol. The highest BCUT2D eigenvalue weighted by atomic mass is 16.4. The minimum absolute atomic E-state index is 0.105. The lowest BCUT2D eigenvalue weighted by atomic mass is 9.99. The summed E-state index contributed by atoms with van der Waals surface area (Å²) in [7, 11) is 0. The molecular formula is C18H16N2O5. The Balaban J connectivity index is 2.24. The molecule has 7 nitrogen and oxygen atoms in total. The van der Waals surface area contributed by atoms with Gasteiger partial charge in [-0.15, -0.1) is 0 Å². The second-order valence-corrected chi connectivity index (χ2v) is 6.52. The SMILES string of the molecule is C[C@@H]1CC[C@](O)(C(=O)O)n2c(=O)c3cc4ccccc4cc3c(=O)n21. The van der Waals surface area contributed by atoms with Crippen LogP contribution in [0.1, 0.15) is 25.8 Å². The van der Waals surface area contributed by atoms with E-state index in [9.17, 15) is 24.6 Å². The average molecular weight is 340 g/mol. The fourth-order valence-electron chi connectivity index (χ4n) is 3.60. The molecule has 4 rings (SSSR count). The van der Waals surface area contributed by atoms with Crippen LogP contribution in [-0.4, -0.2) is 25.5 Å². The maximum Gasteiger partial charge on any atom is 0.359 e. The second kappa shape index (κ2) is 5.03. The van der Waals surface area contributed by atoms with E-state index in [1.807, 2.05) is 24.3 Å². The van der Waals surface area contributed by atoms with Crippen molar-refractivity contribution < 1.29 is 15.0 Å². The molecule has 2 aromatic carbocycles. The third-order valence-electron chi connectivity index (χ3n) is 4.98. The number of hydrogen-bond acceptors (Lipinski definition) is 4. The highest BCUT2D eigenvalue weighted by Crippen LogP contribution is 2.30. The van der Waals surface area contributed by atoms with Crippen LogP contribution in [0, 0.1) is 0 Å². The summed E-state index contributed by atoms with van der Waals surface area (Å²) in [6, 6.07) is 10.1. The van der Waals surface area contributed by atoms with E-state index in [1.165, 1.54) is 0 Å². The summed E-state index contributed by atoms with van der Waals surface area (Å²) in [5.41, 5.74) is -3.59. The first-order valence-corrected chi connectivity index (χ1v) is 8.01. The molecule has 7 heteroatoms. The number of nitrogens with zero attached hydrogens (tertiary/aromatic N) is 2. The predicted octanol–water partition coefficient (Wildman–Crippen LogP) is 1.40. The number of rotatable bonds is 1. The van der Waals surface area contributed by atoms with E-state index in [-0.39, 0.29) is 23.6 Å². The van der Waals surface area contributed by atoms with Gasteiger partial charge in [-0.3, -0.25) is 9.59 Å². The lowest BCUT2D eigenvalue weighted by Crippen LogP contribution is -2.57. The van der Waals surface area contributed by atoms with Crippen molar-refractivity contribution in [2.75, 3.05) is 0 Å². The molecule has 0 saturated heterocycles. The second-order valence-electron chi connectivity index (χ2n) is 6.52. The van der Waals surface area contributed by atoms with Crippen molar-refractivity contribution in [1.29, 1.82) is 0 Å². The van der Waals surface area contributed by atoms with Crippen LogP contribution in [0.25, 0.3) is 21.5 Å². The quantitative estimate of drug-likeness (QED) is 0.652. The molecule has 2 N–H and O–H groups in total. The Morgan fingerprint density at radius 3 is 2.24 bits per heavy atom. The normalized spacial score (nSPS) is 22.9. The van der Waals surface area contributed by atoms with Crippen LogP contribution in [0.5, 0.6) is 0 Å².